The molecule has 170 valence electrons. The van der Waals surface area contributed by atoms with Crippen LogP contribution in [0.25, 0.3) is 0 Å². The smallest absolute Gasteiger partial charge is 0.308 e. The van der Waals surface area contributed by atoms with Gasteiger partial charge in [-0.15, -0.1) is 0 Å². The molecule has 1 aliphatic rings. The summed E-state index contributed by atoms with van der Waals surface area (Å²) < 4.78 is 16.3. The molecule has 0 radical (unpaired) electrons. The van der Waals surface area contributed by atoms with Crippen LogP contribution in [-0.2, 0) is 9.59 Å². The third kappa shape index (κ3) is 6.23. The number of carbonyl (C=O) groups is 3. The molecule has 2 amide bonds. The highest BCUT2D eigenvalue weighted by atomic mass is 16.5. The Morgan fingerprint density at radius 2 is 1.56 bits per heavy atom. The molecule has 2 aromatic carbocycles. The van der Waals surface area contributed by atoms with Crippen molar-refractivity contribution in [1.82, 2.24) is 9.80 Å². The Morgan fingerprint density at radius 3 is 2.28 bits per heavy atom. The molecule has 0 N–H and O–H groups in total. The van der Waals surface area contributed by atoms with E-state index in [0.29, 0.717) is 62.0 Å². The number of nitrogens with zero attached hydrogens (tertiary/aromatic N) is 2. The zero-order valence-corrected chi connectivity index (χ0v) is 18.4. The van der Waals surface area contributed by atoms with Crippen molar-refractivity contribution in [3.63, 3.8) is 0 Å². The molecule has 0 atom stereocenters. The average Bonchev–Trinajstić information content (AvgIpc) is 3.04. The standard InChI is InChI=1S/C24H28N2O6/c1-3-30-21-10-4-5-11-22(21)31-17-23(28)25-12-7-13-26(15-14-25)24(29)19-8-6-9-20(16-19)32-18(2)27/h4-6,8-11,16H,3,7,12-15,17H2,1-2H3. The predicted octanol–water partition coefficient (Wildman–Crippen LogP) is 2.76. The molecule has 2 aromatic rings. The predicted molar refractivity (Wildman–Crippen MR) is 118 cm³/mol. The molecule has 1 heterocycles. The maximum absolute atomic E-state index is 12.9. The monoisotopic (exact) mass is 440 g/mol. The first-order chi connectivity index (χ1) is 15.5. The molecule has 8 nitrogen and oxygen atoms in total. The summed E-state index contributed by atoms with van der Waals surface area (Å²) in [5.74, 6) is 0.732. The molecular weight excluding hydrogens is 412 g/mol. The van der Waals surface area contributed by atoms with Crippen LogP contribution in [-0.4, -0.2) is 67.0 Å². The van der Waals surface area contributed by atoms with Gasteiger partial charge in [-0.2, -0.15) is 0 Å². The molecule has 1 aliphatic heterocycles. The van der Waals surface area contributed by atoms with Gasteiger partial charge in [0.2, 0.25) is 0 Å². The fourth-order valence-electron chi connectivity index (χ4n) is 3.49. The number of benzene rings is 2. The van der Waals surface area contributed by atoms with Gasteiger partial charge in [-0.25, -0.2) is 0 Å². The molecule has 8 heteroatoms. The molecule has 3 rings (SSSR count). The quantitative estimate of drug-likeness (QED) is 0.486. The van der Waals surface area contributed by atoms with E-state index in [1.54, 1.807) is 46.2 Å². The SMILES string of the molecule is CCOc1ccccc1OCC(=O)N1CCCN(C(=O)c2cccc(OC(C)=O)c2)CC1. The number of para-hydroxylation sites is 2. The molecule has 0 saturated carbocycles. The lowest BCUT2D eigenvalue weighted by Crippen LogP contribution is -2.39. The molecular formula is C24H28N2O6. The second kappa shape index (κ2) is 11.2. The van der Waals surface area contributed by atoms with Gasteiger partial charge in [0.05, 0.1) is 6.61 Å². The van der Waals surface area contributed by atoms with E-state index in [1.807, 2.05) is 19.1 Å². The van der Waals surface area contributed by atoms with E-state index in [0.717, 1.165) is 0 Å². The lowest BCUT2D eigenvalue weighted by molar-refractivity contribution is -0.133. The molecule has 0 unspecified atom stereocenters. The Labute approximate surface area is 187 Å². The summed E-state index contributed by atoms with van der Waals surface area (Å²) >= 11 is 0. The summed E-state index contributed by atoms with van der Waals surface area (Å²) in [6.07, 6.45) is 0.663. The Bertz CT molecular complexity index is 961. The summed E-state index contributed by atoms with van der Waals surface area (Å²) in [4.78, 5) is 40.2. The second-order valence-electron chi connectivity index (χ2n) is 7.32. The summed E-state index contributed by atoms with van der Waals surface area (Å²) in [5, 5.41) is 0. The first-order valence-electron chi connectivity index (χ1n) is 10.7. The van der Waals surface area contributed by atoms with Crippen molar-refractivity contribution in [2.75, 3.05) is 39.4 Å². The topological polar surface area (TPSA) is 85.4 Å². The average molecular weight is 440 g/mol. The van der Waals surface area contributed by atoms with Gasteiger partial charge in [0, 0.05) is 38.7 Å². The van der Waals surface area contributed by atoms with E-state index < -0.39 is 5.97 Å². The van der Waals surface area contributed by atoms with Crippen LogP contribution >= 0.6 is 0 Å². The number of amides is 2. The number of ether oxygens (including phenoxy) is 3. The summed E-state index contributed by atoms with van der Waals surface area (Å²) in [7, 11) is 0. The first kappa shape index (κ1) is 23.1. The number of esters is 1. The second-order valence-corrected chi connectivity index (χ2v) is 7.32. The van der Waals surface area contributed by atoms with Crippen LogP contribution in [0.1, 0.15) is 30.6 Å². The van der Waals surface area contributed by atoms with E-state index in [1.165, 1.54) is 6.92 Å². The van der Waals surface area contributed by atoms with Crippen molar-refractivity contribution in [2.45, 2.75) is 20.3 Å². The van der Waals surface area contributed by atoms with Gasteiger partial charge in [-0.1, -0.05) is 18.2 Å². The van der Waals surface area contributed by atoms with Gasteiger partial charge in [0.15, 0.2) is 18.1 Å². The fraction of sp³-hybridized carbons (Fsp3) is 0.375. The lowest BCUT2D eigenvalue weighted by atomic mass is 10.2. The summed E-state index contributed by atoms with van der Waals surface area (Å²) in [6, 6.07) is 13.8. The molecule has 0 bridgehead atoms. The van der Waals surface area contributed by atoms with Crippen molar-refractivity contribution in [2.24, 2.45) is 0 Å². The van der Waals surface area contributed by atoms with Gasteiger partial charge >= 0.3 is 5.97 Å². The highest BCUT2D eigenvalue weighted by Crippen LogP contribution is 2.26. The van der Waals surface area contributed by atoms with E-state index in [-0.39, 0.29) is 18.4 Å². The van der Waals surface area contributed by atoms with E-state index in [2.05, 4.69) is 0 Å². The Hall–Kier alpha value is -3.55. The Kier molecular flexibility index (Phi) is 8.08. The van der Waals surface area contributed by atoms with E-state index in [4.69, 9.17) is 14.2 Å². The largest absolute Gasteiger partial charge is 0.490 e. The molecule has 1 fully saturated rings. The highest BCUT2D eigenvalue weighted by molar-refractivity contribution is 5.94. The number of hydrogen-bond acceptors (Lipinski definition) is 6. The van der Waals surface area contributed by atoms with Gasteiger partial charge in [-0.3, -0.25) is 14.4 Å². The van der Waals surface area contributed by atoms with E-state index >= 15 is 0 Å². The van der Waals surface area contributed by atoms with Crippen molar-refractivity contribution in [1.29, 1.82) is 0 Å². The lowest BCUT2D eigenvalue weighted by Gasteiger charge is -2.22. The van der Waals surface area contributed by atoms with E-state index in [9.17, 15) is 14.4 Å². The minimum atomic E-state index is -0.440. The van der Waals surface area contributed by atoms with Gasteiger partial charge in [0.1, 0.15) is 5.75 Å². The maximum atomic E-state index is 12.9. The number of hydrogen-bond donors (Lipinski definition) is 0. The Morgan fingerprint density at radius 1 is 0.875 bits per heavy atom. The van der Waals surface area contributed by atoms with Crippen LogP contribution in [0.2, 0.25) is 0 Å². The highest BCUT2D eigenvalue weighted by Gasteiger charge is 2.23. The van der Waals surface area contributed by atoms with Gasteiger partial charge in [-0.05, 0) is 43.7 Å². The van der Waals surface area contributed by atoms with Crippen LogP contribution < -0.4 is 14.2 Å². The van der Waals surface area contributed by atoms with Crippen LogP contribution in [0.5, 0.6) is 17.2 Å². The van der Waals surface area contributed by atoms with Gasteiger partial charge in [0.25, 0.3) is 11.8 Å². The van der Waals surface area contributed by atoms with Crippen LogP contribution in [0.4, 0.5) is 0 Å². The molecule has 32 heavy (non-hydrogen) atoms. The van der Waals surface area contributed by atoms with Crippen LogP contribution in [0.3, 0.4) is 0 Å². The molecule has 0 aliphatic carbocycles. The van der Waals surface area contributed by atoms with Crippen molar-refractivity contribution in [3.05, 3.63) is 54.1 Å². The molecule has 0 spiro atoms. The molecule has 0 aromatic heterocycles. The van der Waals surface area contributed by atoms with Crippen LogP contribution in [0, 0.1) is 0 Å². The van der Waals surface area contributed by atoms with Crippen molar-refractivity contribution in [3.8, 4) is 17.2 Å². The van der Waals surface area contributed by atoms with Crippen molar-refractivity contribution < 1.29 is 28.6 Å². The molecule has 1 saturated heterocycles. The van der Waals surface area contributed by atoms with Crippen LogP contribution in [0.15, 0.2) is 48.5 Å². The normalized spacial score (nSPS) is 13.8. The minimum Gasteiger partial charge on any atom is -0.490 e. The zero-order chi connectivity index (χ0) is 22.9. The third-order valence-corrected chi connectivity index (χ3v) is 4.98. The fourth-order valence-corrected chi connectivity index (χ4v) is 3.49. The number of rotatable bonds is 7. The van der Waals surface area contributed by atoms with Crippen molar-refractivity contribution >= 4 is 17.8 Å². The maximum Gasteiger partial charge on any atom is 0.308 e. The summed E-state index contributed by atoms with van der Waals surface area (Å²) in [5.41, 5.74) is 0.444. The van der Waals surface area contributed by atoms with Gasteiger partial charge < -0.3 is 24.0 Å². The summed E-state index contributed by atoms with van der Waals surface area (Å²) in [6.45, 7) is 5.53. The minimum absolute atomic E-state index is 0.0948. The zero-order valence-electron chi connectivity index (χ0n) is 18.4. The number of carbonyl (C=O) groups excluding carboxylic acids is 3. The first-order valence-corrected chi connectivity index (χ1v) is 10.7. The third-order valence-electron chi connectivity index (χ3n) is 4.98. The Balaban J connectivity index is 1.56.